The normalized spacial score (nSPS) is 35.5. The van der Waals surface area contributed by atoms with Crippen molar-refractivity contribution in [3.8, 4) is 0 Å². The van der Waals surface area contributed by atoms with Crippen molar-refractivity contribution in [3.63, 3.8) is 0 Å². The van der Waals surface area contributed by atoms with E-state index in [-0.39, 0.29) is 36.8 Å². The molecule has 1 aromatic rings. The standard InChI is InChI=1S/C18H21F5/c1-11-3-4-12(14(20)13(11)19)5-6-17-9-7-16(2,8-10-17)18(22,23)15(17)21/h3-4,15H,5-10H2,1-2H3. The number of alkyl halides is 3. The Morgan fingerprint density at radius 3 is 2.26 bits per heavy atom. The van der Waals surface area contributed by atoms with E-state index in [4.69, 9.17) is 0 Å². The molecule has 23 heavy (non-hydrogen) atoms. The number of halogens is 5. The molecule has 0 heterocycles. The zero-order chi connectivity index (χ0) is 17.0. The molecule has 128 valence electrons. The Bertz CT molecular complexity index is 614. The van der Waals surface area contributed by atoms with Gasteiger partial charge in [0.25, 0.3) is 5.92 Å². The second-order valence-electron chi connectivity index (χ2n) is 7.58. The van der Waals surface area contributed by atoms with Gasteiger partial charge in [-0.3, -0.25) is 0 Å². The van der Waals surface area contributed by atoms with Crippen LogP contribution in [-0.2, 0) is 6.42 Å². The van der Waals surface area contributed by atoms with Crippen LogP contribution in [0.15, 0.2) is 12.1 Å². The summed E-state index contributed by atoms with van der Waals surface area (Å²) in [5, 5.41) is 0. The molecule has 0 amide bonds. The van der Waals surface area contributed by atoms with Crippen LogP contribution in [0, 0.1) is 29.4 Å². The average Bonchev–Trinajstić information content (AvgIpc) is 2.52. The van der Waals surface area contributed by atoms with Crippen LogP contribution >= 0.6 is 0 Å². The number of aryl methyl sites for hydroxylation is 2. The molecule has 0 aromatic heterocycles. The highest BCUT2D eigenvalue weighted by atomic mass is 19.3. The van der Waals surface area contributed by atoms with Gasteiger partial charge in [0.1, 0.15) is 0 Å². The van der Waals surface area contributed by atoms with Crippen LogP contribution in [-0.4, -0.2) is 12.1 Å². The molecule has 1 aromatic carbocycles. The molecule has 0 saturated heterocycles. The summed E-state index contributed by atoms with van der Waals surface area (Å²) >= 11 is 0. The molecule has 3 saturated carbocycles. The monoisotopic (exact) mass is 332 g/mol. The Balaban J connectivity index is 1.82. The van der Waals surface area contributed by atoms with E-state index in [9.17, 15) is 22.0 Å². The third kappa shape index (κ3) is 2.30. The zero-order valence-electron chi connectivity index (χ0n) is 13.4. The molecule has 0 nitrogen and oxygen atoms in total. The summed E-state index contributed by atoms with van der Waals surface area (Å²) in [7, 11) is 0. The largest absolute Gasteiger partial charge is 0.284 e. The van der Waals surface area contributed by atoms with Gasteiger partial charge in [-0.05, 0) is 56.6 Å². The van der Waals surface area contributed by atoms with Crippen LogP contribution in [0.1, 0.15) is 50.2 Å². The van der Waals surface area contributed by atoms with Gasteiger partial charge in [0, 0.05) is 10.8 Å². The molecular formula is C18H21F5. The fourth-order valence-corrected chi connectivity index (χ4v) is 4.22. The maximum Gasteiger partial charge on any atom is 0.284 e. The van der Waals surface area contributed by atoms with Crippen molar-refractivity contribution < 1.29 is 22.0 Å². The van der Waals surface area contributed by atoms with Gasteiger partial charge in [-0.1, -0.05) is 19.1 Å². The Morgan fingerprint density at radius 1 is 1.04 bits per heavy atom. The van der Waals surface area contributed by atoms with Crippen LogP contribution < -0.4 is 0 Å². The van der Waals surface area contributed by atoms with Gasteiger partial charge in [-0.15, -0.1) is 0 Å². The van der Waals surface area contributed by atoms with Crippen molar-refractivity contribution in [2.75, 3.05) is 0 Å². The fraction of sp³-hybridized carbons (Fsp3) is 0.667. The van der Waals surface area contributed by atoms with Crippen molar-refractivity contribution in [3.05, 3.63) is 34.9 Å². The first-order chi connectivity index (χ1) is 10.6. The number of hydrogen-bond donors (Lipinski definition) is 0. The number of benzene rings is 1. The van der Waals surface area contributed by atoms with Gasteiger partial charge in [-0.25, -0.2) is 22.0 Å². The maximum absolute atomic E-state index is 14.6. The highest BCUT2D eigenvalue weighted by molar-refractivity contribution is 5.26. The first-order valence-corrected chi connectivity index (χ1v) is 8.08. The Labute approximate surface area is 133 Å². The van der Waals surface area contributed by atoms with E-state index in [1.807, 2.05) is 0 Å². The van der Waals surface area contributed by atoms with Gasteiger partial charge in [0.05, 0.1) is 0 Å². The van der Waals surface area contributed by atoms with Crippen molar-refractivity contribution in [2.24, 2.45) is 10.8 Å². The van der Waals surface area contributed by atoms with E-state index in [2.05, 4.69) is 0 Å². The lowest BCUT2D eigenvalue weighted by atomic mass is 9.50. The molecule has 0 spiro atoms. The second kappa shape index (κ2) is 5.18. The molecule has 5 heteroatoms. The highest BCUT2D eigenvalue weighted by Crippen LogP contribution is 2.65. The molecule has 3 aliphatic carbocycles. The minimum absolute atomic E-state index is 0.0796. The van der Waals surface area contributed by atoms with Crippen LogP contribution in [0.5, 0.6) is 0 Å². The molecular weight excluding hydrogens is 311 g/mol. The summed E-state index contributed by atoms with van der Waals surface area (Å²) in [6.45, 7) is 2.92. The molecule has 3 fully saturated rings. The van der Waals surface area contributed by atoms with E-state index in [0.29, 0.717) is 12.8 Å². The second-order valence-corrected chi connectivity index (χ2v) is 7.58. The molecule has 2 bridgehead atoms. The van der Waals surface area contributed by atoms with Crippen molar-refractivity contribution in [1.82, 2.24) is 0 Å². The van der Waals surface area contributed by atoms with Crippen molar-refractivity contribution >= 4 is 0 Å². The SMILES string of the molecule is Cc1ccc(CCC23CCC(C)(CC2)C(F)(F)C3F)c(F)c1F. The molecule has 0 N–H and O–H groups in total. The van der Waals surface area contributed by atoms with Gasteiger partial charge >= 0.3 is 0 Å². The smallest absolute Gasteiger partial charge is 0.240 e. The Morgan fingerprint density at radius 2 is 1.65 bits per heavy atom. The summed E-state index contributed by atoms with van der Waals surface area (Å²) in [6.07, 6.45) is -0.668. The highest BCUT2D eigenvalue weighted by Gasteiger charge is 2.69. The Kier molecular flexibility index (Phi) is 3.77. The van der Waals surface area contributed by atoms with Crippen LogP contribution in [0.4, 0.5) is 22.0 Å². The van der Waals surface area contributed by atoms with Gasteiger partial charge in [0.15, 0.2) is 17.8 Å². The first kappa shape index (κ1) is 16.7. The average molecular weight is 332 g/mol. The van der Waals surface area contributed by atoms with E-state index in [1.165, 1.54) is 26.0 Å². The third-order valence-corrected chi connectivity index (χ3v) is 6.26. The van der Waals surface area contributed by atoms with E-state index in [1.54, 1.807) is 0 Å². The summed E-state index contributed by atoms with van der Waals surface area (Å²) in [5.41, 5.74) is -2.05. The molecule has 1 atom stereocenters. The minimum atomic E-state index is -3.35. The van der Waals surface area contributed by atoms with Gasteiger partial charge in [0.2, 0.25) is 0 Å². The molecule has 4 rings (SSSR count). The fourth-order valence-electron chi connectivity index (χ4n) is 4.22. The number of hydrogen-bond acceptors (Lipinski definition) is 0. The van der Waals surface area contributed by atoms with Crippen LogP contribution in [0.25, 0.3) is 0 Å². The summed E-state index contributed by atoms with van der Waals surface area (Å²) in [4.78, 5) is 0. The Hall–Kier alpha value is -1.13. The first-order valence-electron chi connectivity index (χ1n) is 8.08. The van der Waals surface area contributed by atoms with Gasteiger partial charge in [-0.2, -0.15) is 0 Å². The summed E-state index contributed by atoms with van der Waals surface area (Å²) in [6, 6.07) is 2.93. The van der Waals surface area contributed by atoms with Crippen LogP contribution in [0.3, 0.4) is 0 Å². The zero-order valence-corrected chi connectivity index (χ0v) is 13.4. The lowest BCUT2D eigenvalue weighted by molar-refractivity contribution is -0.264. The lowest BCUT2D eigenvalue weighted by Gasteiger charge is -2.58. The summed E-state index contributed by atoms with van der Waals surface area (Å²) in [5.74, 6) is -5.21. The van der Waals surface area contributed by atoms with Crippen LogP contribution in [0.2, 0.25) is 0 Å². The quantitative estimate of drug-likeness (QED) is 0.617. The number of fused-ring (bicyclic) bond motifs is 3. The predicted octanol–water partition coefficient (Wildman–Crippen LogP) is 5.76. The van der Waals surface area contributed by atoms with Crippen molar-refractivity contribution in [2.45, 2.75) is 64.5 Å². The van der Waals surface area contributed by atoms with Crippen molar-refractivity contribution in [1.29, 1.82) is 0 Å². The molecule has 1 unspecified atom stereocenters. The predicted molar refractivity (Wildman–Crippen MR) is 78.3 cm³/mol. The topological polar surface area (TPSA) is 0 Å². The molecule has 0 radical (unpaired) electrons. The number of rotatable bonds is 3. The summed E-state index contributed by atoms with van der Waals surface area (Å²) < 4.78 is 70.8. The minimum Gasteiger partial charge on any atom is -0.240 e. The maximum atomic E-state index is 14.6. The van der Waals surface area contributed by atoms with Gasteiger partial charge < -0.3 is 0 Å². The molecule has 3 aliphatic rings. The lowest BCUT2D eigenvalue weighted by Crippen LogP contribution is -2.62. The van der Waals surface area contributed by atoms with E-state index in [0.717, 1.165) is 0 Å². The van der Waals surface area contributed by atoms with E-state index < -0.39 is 34.6 Å². The third-order valence-electron chi connectivity index (χ3n) is 6.26. The molecule has 0 aliphatic heterocycles. The van der Waals surface area contributed by atoms with E-state index >= 15 is 0 Å².